The van der Waals surface area contributed by atoms with Gasteiger partial charge in [0.05, 0.1) is 5.69 Å². The van der Waals surface area contributed by atoms with Crippen LogP contribution in [0.4, 0.5) is 17.2 Å². The van der Waals surface area contributed by atoms with Crippen molar-refractivity contribution < 1.29 is 0 Å². The van der Waals surface area contributed by atoms with Crippen LogP contribution in [0, 0.1) is 0 Å². The fraction of sp³-hybridized carbons (Fsp3) is 0.333. The fourth-order valence-corrected chi connectivity index (χ4v) is 3.59. The predicted octanol–water partition coefficient (Wildman–Crippen LogP) is 3.04. The number of hydrogen-bond acceptors (Lipinski definition) is 5. The van der Waals surface area contributed by atoms with E-state index in [1.807, 2.05) is 36.5 Å². The average Bonchev–Trinajstić information content (AvgIpc) is 3.05. The van der Waals surface area contributed by atoms with E-state index >= 15 is 0 Å². The highest BCUT2D eigenvalue weighted by molar-refractivity contribution is 5.80. The van der Waals surface area contributed by atoms with Gasteiger partial charge in [-0.25, -0.2) is 9.50 Å². The van der Waals surface area contributed by atoms with Crippen LogP contribution in [0.3, 0.4) is 0 Å². The van der Waals surface area contributed by atoms with E-state index in [0.717, 1.165) is 48.3 Å². The molecule has 3 aromatic rings. The fourth-order valence-electron chi connectivity index (χ4n) is 3.59. The van der Waals surface area contributed by atoms with Crippen molar-refractivity contribution in [3.8, 4) is 0 Å². The van der Waals surface area contributed by atoms with Gasteiger partial charge in [0.2, 0.25) is 0 Å². The molecule has 6 heteroatoms. The number of anilines is 3. The highest BCUT2D eigenvalue weighted by Crippen LogP contribution is 2.41. The van der Waals surface area contributed by atoms with Crippen molar-refractivity contribution in [3.63, 3.8) is 0 Å². The molecule has 2 aromatic heterocycles. The van der Waals surface area contributed by atoms with Gasteiger partial charge in [0.25, 0.3) is 0 Å². The van der Waals surface area contributed by atoms with Gasteiger partial charge in [0.1, 0.15) is 5.82 Å². The van der Waals surface area contributed by atoms with Crippen molar-refractivity contribution in [2.24, 2.45) is 5.73 Å². The summed E-state index contributed by atoms with van der Waals surface area (Å²) in [6.45, 7) is 0. The zero-order chi connectivity index (χ0) is 16.5. The van der Waals surface area contributed by atoms with Crippen LogP contribution in [-0.2, 0) is 0 Å². The molecule has 1 aliphatic rings. The first-order valence-electron chi connectivity index (χ1n) is 8.42. The number of nitrogens with one attached hydrogen (secondary N) is 1. The van der Waals surface area contributed by atoms with Crippen LogP contribution in [0.5, 0.6) is 0 Å². The number of hydrogen-bond donors (Lipinski definition) is 3. The summed E-state index contributed by atoms with van der Waals surface area (Å²) < 4.78 is 1.73. The minimum absolute atomic E-state index is 0.302. The van der Waals surface area contributed by atoms with Gasteiger partial charge in [-0.05, 0) is 43.7 Å². The Morgan fingerprint density at radius 2 is 1.83 bits per heavy atom. The third-order valence-electron chi connectivity index (χ3n) is 4.83. The summed E-state index contributed by atoms with van der Waals surface area (Å²) in [5, 5.41) is 8.01. The molecule has 0 spiro atoms. The van der Waals surface area contributed by atoms with Crippen LogP contribution in [-0.4, -0.2) is 20.6 Å². The number of nitrogen functional groups attached to an aromatic ring is 1. The number of aromatic nitrogens is 3. The van der Waals surface area contributed by atoms with Gasteiger partial charge >= 0.3 is 0 Å². The highest BCUT2D eigenvalue weighted by Gasteiger charge is 2.27. The lowest BCUT2D eigenvalue weighted by molar-refractivity contribution is 0.396. The largest absolute Gasteiger partial charge is 0.382 e. The molecule has 4 rings (SSSR count). The summed E-state index contributed by atoms with van der Waals surface area (Å²) in [6.07, 6.45) is 7.69. The molecule has 0 bridgehead atoms. The maximum atomic E-state index is 6.33. The van der Waals surface area contributed by atoms with Gasteiger partial charge in [-0.3, -0.25) is 0 Å². The molecular weight excluding hydrogens is 300 g/mol. The van der Waals surface area contributed by atoms with E-state index in [9.17, 15) is 0 Å². The third kappa shape index (κ3) is 2.69. The number of fused-ring (bicyclic) bond motifs is 1. The van der Waals surface area contributed by atoms with Gasteiger partial charge in [0, 0.05) is 29.7 Å². The smallest absolute Gasteiger partial charge is 0.177 e. The molecule has 0 aliphatic heterocycles. The summed E-state index contributed by atoms with van der Waals surface area (Å²) in [4.78, 5) is 4.48. The molecule has 1 aliphatic carbocycles. The molecule has 0 radical (unpaired) electrons. The second-order valence-corrected chi connectivity index (χ2v) is 6.47. The quantitative estimate of drug-likeness (QED) is 0.689. The van der Waals surface area contributed by atoms with Gasteiger partial charge in [-0.1, -0.05) is 18.2 Å². The molecule has 1 saturated carbocycles. The number of nitrogens with two attached hydrogens (primary N) is 2. The Labute approximate surface area is 140 Å². The minimum Gasteiger partial charge on any atom is -0.382 e. The van der Waals surface area contributed by atoms with Crippen molar-refractivity contribution in [1.82, 2.24) is 14.6 Å². The van der Waals surface area contributed by atoms with Gasteiger partial charge in [-0.15, -0.1) is 5.10 Å². The Hall–Kier alpha value is -2.60. The van der Waals surface area contributed by atoms with E-state index in [4.69, 9.17) is 11.5 Å². The normalized spacial score (nSPS) is 21.0. The van der Waals surface area contributed by atoms with Crippen molar-refractivity contribution in [2.45, 2.75) is 37.6 Å². The molecule has 1 aromatic carbocycles. The topological polar surface area (TPSA) is 94.3 Å². The number of rotatable bonds is 3. The highest BCUT2D eigenvalue weighted by atomic mass is 15.3. The number of nitrogens with zero attached hydrogens (tertiary/aromatic N) is 3. The summed E-state index contributed by atoms with van der Waals surface area (Å²) in [5.41, 5.74) is 16.3. The zero-order valence-electron chi connectivity index (χ0n) is 13.5. The lowest BCUT2D eigenvalue weighted by Gasteiger charge is -2.28. The van der Waals surface area contributed by atoms with Crippen LogP contribution in [0.15, 0.2) is 42.7 Å². The first-order valence-corrected chi connectivity index (χ1v) is 8.42. The van der Waals surface area contributed by atoms with Crippen molar-refractivity contribution in [3.05, 3.63) is 48.3 Å². The lowest BCUT2D eigenvalue weighted by Crippen LogP contribution is -2.26. The predicted molar refractivity (Wildman–Crippen MR) is 96.3 cm³/mol. The van der Waals surface area contributed by atoms with E-state index in [0.29, 0.717) is 17.8 Å². The van der Waals surface area contributed by atoms with E-state index < -0.39 is 0 Å². The standard InChI is InChI=1S/C18H22N6/c19-13-8-6-12(7-9-13)15-16(22-14-4-2-1-3-5-14)18-21-10-11-24(18)23-17(15)20/h1-5,10-13,22H,6-9,19H2,(H2,20,23)/t12-,13-. The maximum Gasteiger partial charge on any atom is 0.177 e. The maximum absolute atomic E-state index is 6.33. The average molecular weight is 322 g/mol. The number of imidazole rings is 1. The Balaban J connectivity index is 1.82. The number of para-hydroxylation sites is 1. The molecule has 0 amide bonds. The SMILES string of the molecule is Nc1nn2ccnc2c(Nc2ccccc2)c1[C@H]1CC[C@H](N)CC1. The molecule has 2 heterocycles. The second kappa shape index (κ2) is 6.13. The first-order chi connectivity index (χ1) is 11.7. The van der Waals surface area contributed by atoms with Crippen molar-refractivity contribution in [2.75, 3.05) is 11.1 Å². The van der Waals surface area contributed by atoms with Crippen LogP contribution in [0.1, 0.15) is 37.2 Å². The molecular formula is C18H22N6. The van der Waals surface area contributed by atoms with Crippen LogP contribution in [0.25, 0.3) is 5.65 Å². The molecule has 0 atom stereocenters. The van der Waals surface area contributed by atoms with E-state index in [-0.39, 0.29) is 0 Å². The zero-order valence-corrected chi connectivity index (χ0v) is 13.5. The van der Waals surface area contributed by atoms with Crippen LogP contribution in [0.2, 0.25) is 0 Å². The summed E-state index contributed by atoms with van der Waals surface area (Å²) >= 11 is 0. The molecule has 5 N–H and O–H groups in total. The minimum atomic E-state index is 0.302. The summed E-state index contributed by atoms with van der Waals surface area (Å²) in [7, 11) is 0. The van der Waals surface area contributed by atoms with Gasteiger partial charge in [-0.2, -0.15) is 0 Å². The van der Waals surface area contributed by atoms with E-state index in [1.54, 1.807) is 10.7 Å². The summed E-state index contributed by atoms with van der Waals surface area (Å²) in [5.74, 6) is 0.935. The Bertz CT molecular complexity index is 833. The Morgan fingerprint density at radius 3 is 2.58 bits per heavy atom. The monoisotopic (exact) mass is 322 g/mol. The van der Waals surface area contributed by atoms with Gasteiger partial charge in [0.15, 0.2) is 5.65 Å². The van der Waals surface area contributed by atoms with E-state index in [2.05, 4.69) is 15.4 Å². The molecule has 24 heavy (non-hydrogen) atoms. The van der Waals surface area contributed by atoms with Crippen LogP contribution >= 0.6 is 0 Å². The number of benzene rings is 1. The second-order valence-electron chi connectivity index (χ2n) is 6.47. The lowest BCUT2D eigenvalue weighted by atomic mass is 9.81. The summed E-state index contributed by atoms with van der Waals surface area (Å²) in [6, 6.07) is 10.4. The molecule has 1 fully saturated rings. The molecule has 6 nitrogen and oxygen atoms in total. The van der Waals surface area contributed by atoms with E-state index in [1.165, 1.54) is 0 Å². The molecule has 124 valence electrons. The first kappa shape index (κ1) is 15.0. The Kier molecular flexibility index (Phi) is 3.82. The van der Waals surface area contributed by atoms with Crippen molar-refractivity contribution >= 4 is 22.8 Å². The van der Waals surface area contributed by atoms with Crippen molar-refractivity contribution in [1.29, 1.82) is 0 Å². The third-order valence-corrected chi connectivity index (χ3v) is 4.83. The van der Waals surface area contributed by atoms with Crippen LogP contribution < -0.4 is 16.8 Å². The molecule has 0 unspecified atom stereocenters. The molecule has 0 saturated heterocycles. The van der Waals surface area contributed by atoms with Gasteiger partial charge < -0.3 is 16.8 Å². The Morgan fingerprint density at radius 1 is 1.08 bits per heavy atom.